The largest absolute Gasteiger partial charge is 0.416 e. The van der Waals surface area contributed by atoms with Gasteiger partial charge in [-0.1, -0.05) is 37.3 Å². The molecule has 0 bridgehead atoms. The lowest BCUT2D eigenvalue weighted by molar-refractivity contribution is -0.137. The van der Waals surface area contributed by atoms with Gasteiger partial charge in [0.05, 0.1) is 12.1 Å². The maximum atomic E-state index is 12.8. The van der Waals surface area contributed by atoms with Crippen molar-refractivity contribution in [3.05, 3.63) is 71.5 Å². The second kappa shape index (κ2) is 8.39. The monoisotopic (exact) mass is 405 g/mol. The first kappa shape index (κ1) is 19.8. The third-order valence-corrected chi connectivity index (χ3v) is 4.21. The number of thiocarbonyl (C=S) groups is 1. The summed E-state index contributed by atoms with van der Waals surface area (Å²) in [7, 11) is 0. The number of nitrogens with one attached hydrogen (secondary N) is 2. The van der Waals surface area contributed by atoms with Crippen LogP contribution >= 0.6 is 12.2 Å². The van der Waals surface area contributed by atoms with Crippen LogP contribution in [0, 0.1) is 0 Å². The van der Waals surface area contributed by atoms with Crippen molar-refractivity contribution in [3.63, 3.8) is 0 Å². The van der Waals surface area contributed by atoms with Crippen LogP contribution in [0.15, 0.2) is 54.9 Å². The van der Waals surface area contributed by atoms with Crippen molar-refractivity contribution < 1.29 is 13.2 Å². The highest BCUT2D eigenvalue weighted by Crippen LogP contribution is 2.29. The Kier molecular flexibility index (Phi) is 5.93. The summed E-state index contributed by atoms with van der Waals surface area (Å²) in [5.41, 5.74) is 1.80. The summed E-state index contributed by atoms with van der Waals surface area (Å²) in [6, 6.07) is 12.9. The Balaban J connectivity index is 1.63. The normalized spacial score (nSPS) is 11.3. The molecule has 5 nitrogen and oxygen atoms in total. The maximum absolute atomic E-state index is 12.8. The highest BCUT2D eigenvalue weighted by molar-refractivity contribution is 7.80. The Bertz CT molecular complexity index is 968. The van der Waals surface area contributed by atoms with Gasteiger partial charge in [0.2, 0.25) is 5.95 Å². The second-order valence-corrected chi connectivity index (χ2v) is 6.46. The quantitative estimate of drug-likeness (QED) is 0.602. The lowest BCUT2D eigenvalue weighted by Crippen LogP contribution is -2.20. The van der Waals surface area contributed by atoms with Gasteiger partial charge in [0, 0.05) is 5.69 Å². The SMILES string of the molecule is CCc1ccccc1NC(=S)Nc1ncn(Cc2cccc(C(F)(F)F)c2)n1. The van der Waals surface area contributed by atoms with Gasteiger partial charge in [0.1, 0.15) is 6.33 Å². The summed E-state index contributed by atoms with van der Waals surface area (Å²) in [6.45, 7) is 2.21. The highest BCUT2D eigenvalue weighted by atomic mass is 32.1. The predicted octanol–water partition coefficient (Wildman–Crippen LogP) is 4.72. The predicted molar refractivity (Wildman–Crippen MR) is 106 cm³/mol. The molecule has 9 heteroatoms. The molecule has 0 fully saturated rings. The fourth-order valence-electron chi connectivity index (χ4n) is 2.67. The molecule has 146 valence electrons. The molecule has 0 aliphatic rings. The first-order valence-corrected chi connectivity index (χ1v) is 8.97. The van der Waals surface area contributed by atoms with E-state index in [-0.39, 0.29) is 12.5 Å². The summed E-state index contributed by atoms with van der Waals surface area (Å²) in [5, 5.41) is 10.5. The zero-order valence-corrected chi connectivity index (χ0v) is 15.8. The van der Waals surface area contributed by atoms with Gasteiger partial charge in [-0.05, 0) is 48.0 Å². The molecule has 0 saturated carbocycles. The van der Waals surface area contributed by atoms with Crippen LogP contribution in [0.5, 0.6) is 0 Å². The summed E-state index contributed by atoms with van der Waals surface area (Å²) >= 11 is 5.29. The van der Waals surface area contributed by atoms with E-state index in [1.165, 1.54) is 17.1 Å². The molecule has 1 heterocycles. The third kappa shape index (κ3) is 5.07. The Morgan fingerprint density at radius 1 is 1.11 bits per heavy atom. The number of anilines is 2. The average Bonchev–Trinajstić information content (AvgIpc) is 3.08. The Morgan fingerprint density at radius 2 is 1.89 bits per heavy atom. The van der Waals surface area contributed by atoms with Crippen molar-refractivity contribution in [1.29, 1.82) is 0 Å². The summed E-state index contributed by atoms with van der Waals surface area (Å²) in [4.78, 5) is 4.10. The van der Waals surface area contributed by atoms with Crippen LogP contribution in [0.3, 0.4) is 0 Å². The molecule has 0 atom stereocenters. The molecular formula is C19H18F3N5S. The molecule has 0 spiro atoms. The summed E-state index contributed by atoms with van der Waals surface area (Å²) in [5.74, 6) is 0.262. The first-order chi connectivity index (χ1) is 13.3. The van der Waals surface area contributed by atoms with Crippen LogP contribution < -0.4 is 10.6 Å². The van der Waals surface area contributed by atoms with Gasteiger partial charge in [-0.3, -0.25) is 5.32 Å². The average molecular weight is 405 g/mol. The van der Waals surface area contributed by atoms with Crippen LogP contribution in [0.2, 0.25) is 0 Å². The summed E-state index contributed by atoms with van der Waals surface area (Å²) < 4.78 is 39.9. The van der Waals surface area contributed by atoms with E-state index in [4.69, 9.17) is 12.2 Å². The van der Waals surface area contributed by atoms with E-state index < -0.39 is 11.7 Å². The number of hydrogen-bond donors (Lipinski definition) is 2. The minimum absolute atomic E-state index is 0.164. The topological polar surface area (TPSA) is 54.8 Å². The molecule has 2 aromatic carbocycles. The minimum atomic E-state index is -4.38. The molecule has 0 aliphatic carbocycles. The van der Waals surface area contributed by atoms with Crippen LogP contribution in [-0.4, -0.2) is 19.9 Å². The smallest absolute Gasteiger partial charge is 0.332 e. The lowest BCUT2D eigenvalue weighted by Gasteiger charge is -2.11. The number of alkyl halides is 3. The summed E-state index contributed by atoms with van der Waals surface area (Å²) in [6.07, 6.45) is -2.08. The molecule has 1 aromatic heterocycles. The van der Waals surface area contributed by atoms with E-state index in [0.717, 1.165) is 29.8 Å². The fourth-order valence-corrected chi connectivity index (χ4v) is 2.87. The van der Waals surface area contributed by atoms with Crippen LogP contribution in [0.1, 0.15) is 23.6 Å². The Hall–Kier alpha value is -2.94. The number of halogens is 3. The number of hydrogen-bond acceptors (Lipinski definition) is 3. The van der Waals surface area contributed by atoms with Crippen LogP contribution in [-0.2, 0) is 19.1 Å². The van der Waals surface area contributed by atoms with Crippen molar-refractivity contribution in [1.82, 2.24) is 14.8 Å². The molecule has 3 rings (SSSR count). The standard InChI is InChI=1S/C19H18F3N5S/c1-2-14-7-3-4-9-16(14)24-18(28)25-17-23-12-27(26-17)11-13-6-5-8-15(10-13)19(20,21)22/h3-10,12H,2,11H2,1H3,(H2,24,25,26,28). The van der Waals surface area contributed by atoms with Gasteiger partial charge in [-0.25, -0.2) is 9.67 Å². The molecule has 0 radical (unpaired) electrons. The van der Waals surface area contributed by atoms with Gasteiger partial charge in [-0.2, -0.15) is 13.2 Å². The molecular weight excluding hydrogens is 387 g/mol. The molecule has 2 N–H and O–H groups in total. The number of aromatic nitrogens is 3. The fraction of sp³-hybridized carbons (Fsp3) is 0.211. The van der Waals surface area contributed by atoms with Gasteiger partial charge in [0.15, 0.2) is 5.11 Å². The third-order valence-electron chi connectivity index (χ3n) is 4.01. The van der Waals surface area contributed by atoms with E-state index in [1.54, 1.807) is 6.07 Å². The maximum Gasteiger partial charge on any atom is 0.416 e. The zero-order valence-electron chi connectivity index (χ0n) is 15.0. The number of para-hydroxylation sites is 1. The van der Waals surface area contributed by atoms with Crippen molar-refractivity contribution in [3.8, 4) is 0 Å². The molecule has 0 aliphatic heterocycles. The number of aryl methyl sites for hydroxylation is 1. The minimum Gasteiger partial charge on any atom is -0.332 e. The highest BCUT2D eigenvalue weighted by Gasteiger charge is 2.30. The van der Waals surface area contributed by atoms with Crippen molar-refractivity contribution >= 4 is 29.0 Å². The van der Waals surface area contributed by atoms with Gasteiger partial charge in [-0.15, -0.1) is 5.10 Å². The van der Waals surface area contributed by atoms with Crippen molar-refractivity contribution in [2.45, 2.75) is 26.1 Å². The van der Waals surface area contributed by atoms with Gasteiger partial charge >= 0.3 is 6.18 Å². The lowest BCUT2D eigenvalue weighted by atomic mass is 10.1. The Labute approximate surface area is 165 Å². The molecule has 0 amide bonds. The first-order valence-electron chi connectivity index (χ1n) is 8.56. The van der Waals surface area contributed by atoms with E-state index in [2.05, 4.69) is 20.7 Å². The molecule has 28 heavy (non-hydrogen) atoms. The van der Waals surface area contributed by atoms with E-state index >= 15 is 0 Å². The van der Waals surface area contributed by atoms with Crippen molar-refractivity contribution in [2.24, 2.45) is 0 Å². The van der Waals surface area contributed by atoms with Crippen LogP contribution in [0.4, 0.5) is 24.8 Å². The van der Waals surface area contributed by atoms with Crippen LogP contribution in [0.25, 0.3) is 0 Å². The Morgan fingerprint density at radius 3 is 2.64 bits per heavy atom. The molecule has 0 unspecified atom stereocenters. The number of nitrogens with zero attached hydrogens (tertiary/aromatic N) is 3. The molecule has 0 saturated heterocycles. The van der Waals surface area contributed by atoms with Gasteiger partial charge < -0.3 is 5.32 Å². The number of benzene rings is 2. The van der Waals surface area contributed by atoms with E-state index in [1.807, 2.05) is 31.2 Å². The van der Waals surface area contributed by atoms with Gasteiger partial charge in [0.25, 0.3) is 0 Å². The molecule has 3 aromatic rings. The van der Waals surface area contributed by atoms with E-state index in [0.29, 0.717) is 10.7 Å². The van der Waals surface area contributed by atoms with Crippen molar-refractivity contribution in [2.75, 3.05) is 10.6 Å². The second-order valence-electron chi connectivity index (χ2n) is 6.05. The van der Waals surface area contributed by atoms with E-state index in [9.17, 15) is 13.2 Å². The number of rotatable bonds is 5. The zero-order chi connectivity index (χ0) is 20.1.